The fourth-order valence-electron chi connectivity index (χ4n) is 1.55. The number of anilines is 2. The lowest BCUT2D eigenvalue weighted by molar-refractivity contribution is -0.383. The molecule has 108 valence electrons. The zero-order valence-corrected chi connectivity index (χ0v) is 12.5. The van der Waals surface area contributed by atoms with E-state index in [4.69, 9.17) is 5.73 Å². The quantitative estimate of drug-likeness (QED) is 0.496. The van der Waals surface area contributed by atoms with Crippen molar-refractivity contribution in [3.63, 3.8) is 0 Å². The Labute approximate surface area is 128 Å². The lowest BCUT2D eigenvalue weighted by Gasteiger charge is -2.04. The minimum absolute atomic E-state index is 0.0519. The number of nitrogens with two attached hydrogens (primary N) is 1. The maximum Gasteiger partial charge on any atom is 0.354 e. The third kappa shape index (κ3) is 3.51. The number of hydrogen-bond acceptors (Lipinski definition) is 7. The molecule has 0 atom stereocenters. The van der Waals surface area contributed by atoms with Crippen LogP contribution in [0.5, 0.6) is 0 Å². The van der Waals surface area contributed by atoms with E-state index in [1.807, 2.05) is 24.3 Å². The molecule has 3 N–H and O–H groups in total. The molecule has 21 heavy (non-hydrogen) atoms. The summed E-state index contributed by atoms with van der Waals surface area (Å²) < 4.78 is 0.950. The fraction of sp³-hybridized carbons (Fsp3) is 0.0833. The molecule has 0 aliphatic rings. The van der Waals surface area contributed by atoms with Gasteiger partial charge in [0.25, 0.3) is 0 Å². The minimum atomic E-state index is -0.651. The summed E-state index contributed by atoms with van der Waals surface area (Å²) in [6, 6.07) is 7.49. The summed E-state index contributed by atoms with van der Waals surface area (Å²) >= 11 is 3.34. The van der Waals surface area contributed by atoms with Crippen molar-refractivity contribution in [3.05, 3.63) is 50.7 Å². The third-order valence-corrected chi connectivity index (χ3v) is 3.15. The lowest BCUT2D eigenvalue weighted by Crippen LogP contribution is -2.06. The summed E-state index contributed by atoms with van der Waals surface area (Å²) in [5.74, 6) is -0.266. The van der Waals surface area contributed by atoms with Crippen molar-refractivity contribution in [3.8, 4) is 0 Å². The highest BCUT2D eigenvalue weighted by Gasteiger charge is 2.20. The average Bonchev–Trinajstić information content (AvgIpc) is 2.45. The monoisotopic (exact) mass is 350 g/mol. The summed E-state index contributed by atoms with van der Waals surface area (Å²) in [7, 11) is 0. The van der Waals surface area contributed by atoms with Crippen LogP contribution in [0.2, 0.25) is 0 Å². The van der Waals surface area contributed by atoms with Crippen LogP contribution in [-0.2, 0) is 0 Å². The second kappa shape index (κ2) is 6.27. The Balaban J connectivity index is 2.27. The Morgan fingerprint density at radius 3 is 2.67 bits per heavy atom. The molecule has 8 nitrogen and oxygen atoms in total. The molecule has 0 unspecified atom stereocenters. The van der Waals surface area contributed by atoms with Crippen LogP contribution in [0.1, 0.15) is 12.5 Å². The highest BCUT2D eigenvalue weighted by molar-refractivity contribution is 9.10. The van der Waals surface area contributed by atoms with E-state index in [0.29, 0.717) is 5.71 Å². The summed E-state index contributed by atoms with van der Waals surface area (Å²) in [5, 5.41) is 15.0. The number of rotatable bonds is 4. The number of nitrogens with one attached hydrogen (secondary N) is 1. The van der Waals surface area contributed by atoms with Gasteiger partial charge in [-0.2, -0.15) is 5.10 Å². The van der Waals surface area contributed by atoms with Crippen molar-refractivity contribution in [2.75, 3.05) is 11.2 Å². The molecule has 0 bridgehead atoms. The maximum atomic E-state index is 10.9. The second-order valence-corrected chi connectivity index (χ2v) is 4.94. The van der Waals surface area contributed by atoms with Crippen molar-refractivity contribution < 1.29 is 4.92 Å². The number of nitrogens with zero attached hydrogens (tertiary/aromatic N) is 4. The molecule has 1 aromatic heterocycles. The van der Waals surface area contributed by atoms with Crippen molar-refractivity contribution in [1.29, 1.82) is 0 Å². The van der Waals surface area contributed by atoms with Gasteiger partial charge in [-0.15, -0.1) is 0 Å². The third-order valence-electron chi connectivity index (χ3n) is 2.62. The van der Waals surface area contributed by atoms with Gasteiger partial charge in [0.1, 0.15) is 6.33 Å². The molecule has 1 heterocycles. The van der Waals surface area contributed by atoms with Crippen LogP contribution >= 0.6 is 15.9 Å². The standard InChI is InChI=1S/C12H11BrN6O2/c1-7(8-2-4-9(13)5-3-8)17-18-12-10(19(20)21)11(14)15-6-16-12/h2-6H,1H3,(H3,14,15,16,18)/b17-7+. The van der Waals surface area contributed by atoms with Crippen molar-refractivity contribution in [1.82, 2.24) is 9.97 Å². The summed E-state index contributed by atoms with van der Waals surface area (Å²) in [5.41, 5.74) is 9.14. The number of nitrogen functional groups attached to an aromatic ring is 1. The first kappa shape index (κ1) is 14.9. The van der Waals surface area contributed by atoms with Gasteiger partial charge in [-0.3, -0.25) is 15.5 Å². The highest BCUT2D eigenvalue weighted by Crippen LogP contribution is 2.26. The van der Waals surface area contributed by atoms with Crippen LogP contribution in [0.15, 0.2) is 40.2 Å². The van der Waals surface area contributed by atoms with E-state index >= 15 is 0 Å². The van der Waals surface area contributed by atoms with E-state index in [1.54, 1.807) is 6.92 Å². The number of nitro groups is 1. The van der Waals surface area contributed by atoms with Gasteiger partial charge in [0.2, 0.25) is 11.6 Å². The van der Waals surface area contributed by atoms with Crippen molar-refractivity contribution in [2.24, 2.45) is 5.10 Å². The Morgan fingerprint density at radius 1 is 1.38 bits per heavy atom. The van der Waals surface area contributed by atoms with E-state index in [2.05, 4.69) is 36.4 Å². The van der Waals surface area contributed by atoms with E-state index in [-0.39, 0.29) is 11.6 Å². The molecular formula is C12H11BrN6O2. The van der Waals surface area contributed by atoms with Gasteiger partial charge in [0.05, 0.1) is 10.6 Å². The van der Waals surface area contributed by atoms with E-state index < -0.39 is 10.6 Å². The van der Waals surface area contributed by atoms with E-state index in [9.17, 15) is 10.1 Å². The van der Waals surface area contributed by atoms with Gasteiger partial charge >= 0.3 is 5.69 Å². The normalized spacial score (nSPS) is 11.2. The van der Waals surface area contributed by atoms with Crippen LogP contribution in [-0.4, -0.2) is 20.6 Å². The molecule has 1 aromatic carbocycles. The average molecular weight is 351 g/mol. The van der Waals surface area contributed by atoms with Gasteiger partial charge in [-0.25, -0.2) is 9.97 Å². The molecule has 0 aliphatic carbocycles. The van der Waals surface area contributed by atoms with Gasteiger partial charge in [0.15, 0.2) is 0 Å². The van der Waals surface area contributed by atoms with Gasteiger partial charge < -0.3 is 5.73 Å². The first-order valence-electron chi connectivity index (χ1n) is 5.80. The Bertz CT molecular complexity index is 701. The van der Waals surface area contributed by atoms with Crippen LogP contribution in [0.3, 0.4) is 0 Å². The van der Waals surface area contributed by atoms with Crippen molar-refractivity contribution >= 4 is 39.0 Å². The zero-order chi connectivity index (χ0) is 15.4. The molecule has 2 aromatic rings. The number of halogens is 1. The largest absolute Gasteiger partial charge is 0.378 e. The maximum absolute atomic E-state index is 10.9. The molecule has 2 rings (SSSR count). The molecule has 0 spiro atoms. The molecular weight excluding hydrogens is 340 g/mol. The highest BCUT2D eigenvalue weighted by atomic mass is 79.9. The van der Waals surface area contributed by atoms with E-state index in [1.165, 1.54) is 0 Å². The SMILES string of the molecule is C/C(=N\Nc1ncnc(N)c1[N+](=O)[O-])c1ccc(Br)cc1. The first-order valence-corrected chi connectivity index (χ1v) is 6.59. The molecule has 0 radical (unpaired) electrons. The Hall–Kier alpha value is -2.55. The fourth-order valence-corrected chi connectivity index (χ4v) is 1.81. The summed E-state index contributed by atoms with van der Waals surface area (Å²) in [6.45, 7) is 1.77. The molecule has 0 amide bonds. The van der Waals surface area contributed by atoms with Crippen LogP contribution < -0.4 is 11.2 Å². The number of hydrazone groups is 1. The summed E-state index contributed by atoms with van der Waals surface area (Å²) in [4.78, 5) is 17.7. The minimum Gasteiger partial charge on any atom is -0.378 e. The zero-order valence-electron chi connectivity index (χ0n) is 10.9. The van der Waals surface area contributed by atoms with Gasteiger partial charge in [-0.05, 0) is 24.6 Å². The predicted molar refractivity (Wildman–Crippen MR) is 83.1 cm³/mol. The molecule has 0 aliphatic heterocycles. The van der Waals surface area contributed by atoms with Gasteiger partial charge in [-0.1, -0.05) is 28.1 Å². The van der Waals surface area contributed by atoms with Crippen molar-refractivity contribution in [2.45, 2.75) is 6.92 Å². The first-order chi connectivity index (χ1) is 9.99. The number of benzene rings is 1. The Kier molecular flexibility index (Phi) is 4.43. The Morgan fingerprint density at radius 2 is 2.05 bits per heavy atom. The smallest absolute Gasteiger partial charge is 0.354 e. The molecule has 0 saturated carbocycles. The predicted octanol–water partition coefficient (Wildman–Crippen LogP) is 2.57. The second-order valence-electron chi connectivity index (χ2n) is 4.03. The topological polar surface area (TPSA) is 119 Å². The molecule has 0 saturated heterocycles. The lowest BCUT2D eigenvalue weighted by atomic mass is 10.1. The van der Waals surface area contributed by atoms with Crippen LogP contribution in [0.4, 0.5) is 17.3 Å². The van der Waals surface area contributed by atoms with E-state index in [0.717, 1.165) is 16.4 Å². The number of aromatic nitrogens is 2. The van der Waals surface area contributed by atoms with Crippen LogP contribution in [0, 0.1) is 10.1 Å². The number of hydrogen-bond donors (Lipinski definition) is 2. The van der Waals surface area contributed by atoms with Gasteiger partial charge in [0, 0.05) is 4.47 Å². The summed E-state index contributed by atoms with van der Waals surface area (Å²) in [6.07, 6.45) is 1.13. The molecule has 0 fully saturated rings. The van der Waals surface area contributed by atoms with Crippen LogP contribution in [0.25, 0.3) is 0 Å². The molecule has 9 heteroatoms.